The fourth-order valence-electron chi connectivity index (χ4n) is 1.38. The molecule has 0 amide bonds. The van der Waals surface area contributed by atoms with Gasteiger partial charge in [0.05, 0.1) is 0 Å². The molecule has 0 aliphatic carbocycles. The standard InChI is InChI=1S/C12H6ClF3N2O/c13-9-6-8(12(14,15)16)17-11(18-9)10(19)7-4-2-1-3-5-7/h1-6H. The maximum atomic E-state index is 12.6. The van der Waals surface area contributed by atoms with Gasteiger partial charge in [-0.25, -0.2) is 9.97 Å². The molecule has 0 fully saturated rings. The monoisotopic (exact) mass is 286 g/mol. The van der Waals surface area contributed by atoms with Gasteiger partial charge in [-0.1, -0.05) is 41.9 Å². The molecule has 2 aromatic rings. The number of ketones is 1. The summed E-state index contributed by atoms with van der Waals surface area (Å²) in [6, 6.07) is 8.34. The quantitative estimate of drug-likeness (QED) is 0.628. The first kappa shape index (κ1) is 13.5. The zero-order chi connectivity index (χ0) is 14.0. The molecule has 0 bridgehead atoms. The van der Waals surface area contributed by atoms with Crippen LogP contribution in [0.25, 0.3) is 0 Å². The van der Waals surface area contributed by atoms with E-state index in [2.05, 4.69) is 9.97 Å². The number of hydrogen-bond donors (Lipinski definition) is 0. The van der Waals surface area contributed by atoms with Crippen molar-refractivity contribution < 1.29 is 18.0 Å². The van der Waals surface area contributed by atoms with Crippen LogP contribution in [0.15, 0.2) is 36.4 Å². The Morgan fingerprint density at radius 3 is 2.32 bits per heavy atom. The first-order valence-electron chi connectivity index (χ1n) is 5.09. The normalized spacial score (nSPS) is 11.4. The third-order valence-electron chi connectivity index (χ3n) is 2.22. The van der Waals surface area contributed by atoms with Crippen LogP contribution in [0.2, 0.25) is 5.15 Å². The summed E-state index contributed by atoms with van der Waals surface area (Å²) in [5.41, 5.74) is -1.05. The van der Waals surface area contributed by atoms with Crippen LogP contribution < -0.4 is 0 Å². The van der Waals surface area contributed by atoms with E-state index >= 15 is 0 Å². The number of carbonyl (C=O) groups is 1. The van der Waals surface area contributed by atoms with Crippen LogP contribution in [-0.4, -0.2) is 15.8 Å². The van der Waals surface area contributed by atoms with Gasteiger partial charge in [0, 0.05) is 11.6 Å². The lowest BCUT2D eigenvalue weighted by atomic mass is 10.1. The molecule has 1 heterocycles. The van der Waals surface area contributed by atoms with Gasteiger partial charge in [0.15, 0.2) is 0 Å². The molecule has 0 radical (unpaired) electrons. The minimum atomic E-state index is -4.68. The molecule has 1 aromatic heterocycles. The molecule has 98 valence electrons. The Bertz CT molecular complexity index is 614. The number of hydrogen-bond acceptors (Lipinski definition) is 3. The van der Waals surface area contributed by atoms with Crippen LogP contribution in [0.4, 0.5) is 13.2 Å². The number of benzene rings is 1. The molecule has 1 aromatic carbocycles. The molecule has 0 saturated heterocycles. The molecule has 7 heteroatoms. The van der Waals surface area contributed by atoms with Crippen molar-refractivity contribution in [3.05, 3.63) is 58.6 Å². The minimum absolute atomic E-state index is 0.192. The first-order chi connectivity index (χ1) is 8.88. The van der Waals surface area contributed by atoms with Gasteiger partial charge in [0.1, 0.15) is 10.8 Å². The second-order valence-corrected chi connectivity index (χ2v) is 3.98. The van der Waals surface area contributed by atoms with Crippen LogP contribution in [0.5, 0.6) is 0 Å². The summed E-state index contributed by atoms with van der Waals surface area (Å²) >= 11 is 5.48. The first-order valence-corrected chi connectivity index (χ1v) is 5.47. The number of carbonyl (C=O) groups excluding carboxylic acids is 1. The highest BCUT2D eigenvalue weighted by Gasteiger charge is 2.34. The van der Waals surface area contributed by atoms with Crippen molar-refractivity contribution in [1.29, 1.82) is 0 Å². The van der Waals surface area contributed by atoms with E-state index in [-0.39, 0.29) is 5.56 Å². The lowest BCUT2D eigenvalue weighted by molar-refractivity contribution is -0.141. The van der Waals surface area contributed by atoms with E-state index in [1.165, 1.54) is 12.1 Å². The fourth-order valence-corrected chi connectivity index (χ4v) is 1.57. The van der Waals surface area contributed by atoms with Gasteiger partial charge in [0.25, 0.3) is 0 Å². The summed E-state index contributed by atoms with van der Waals surface area (Å²) in [5.74, 6) is -1.29. The van der Waals surface area contributed by atoms with E-state index in [0.29, 0.717) is 6.07 Å². The molecule has 0 unspecified atom stereocenters. The van der Waals surface area contributed by atoms with E-state index in [4.69, 9.17) is 11.6 Å². The van der Waals surface area contributed by atoms with Crippen molar-refractivity contribution in [3.8, 4) is 0 Å². The van der Waals surface area contributed by atoms with Crippen molar-refractivity contribution in [3.63, 3.8) is 0 Å². The summed E-state index contributed by atoms with van der Waals surface area (Å²) in [5, 5.41) is -0.429. The van der Waals surface area contributed by atoms with E-state index in [1.807, 2.05) is 0 Å². The minimum Gasteiger partial charge on any atom is -0.285 e. The van der Waals surface area contributed by atoms with Gasteiger partial charge in [-0.05, 0) is 0 Å². The second-order valence-electron chi connectivity index (χ2n) is 3.59. The summed E-state index contributed by atoms with van der Waals surface area (Å²) in [6.07, 6.45) is -4.68. The molecule has 2 rings (SSSR count). The van der Waals surface area contributed by atoms with Crippen LogP contribution in [0.3, 0.4) is 0 Å². The molecule has 0 atom stereocenters. The maximum absolute atomic E-state index is 12.6. The van der Waals surface area contributed by atoms with E-state index in [0.717, 1.165) is 0 Å². The fraction of sp³-hybridized carbons (Fsp3) is 0.0833. The zero-order valence-corrected chi connectivity index (χ0v) is 10.0. The number of aromatic nitrogens is 2. The summed E-state index contributed by atoms with van der Waals surface area (Å²) in [6.45, 7) is 0. The smallest absolute Gasteiger partial charge is 0.285 e. The van der Waals surface area contributed by atoms with Crippen molar-refractivity contribution in [2.24, 2.45) is 0 Å². The molecule has 0 spiro atoms. The maximum Gasteiger partial charge on any atom is 0.433 e. The summed E-state index contributed by atoms with van der Waals surface area (Å²) in [7, 11) is 0. The number of nitrogens with zero attached hydrogens (tertiary/aromatic N) is 2. The van der Waals surface area contributed by atoms with Crippen molar-refractivity contribution in [1.82, 2.24) is 9.97 Å². The molecule has 0 aliphatic heterocycles. The molecular weight excluding hydrogens is 281 g/mol. The Hall–Kier alpha value is -1.95. The Morgan fingerprint density at radius 1 is 1.11 bits per heavy atom. The molecule has 0 N–H and O–H groups in total. The predicted octanol–water partition coefficient (Wildman–Crippen LogP) is 3.38. The highest BCUT2D eigenvalue weighted by molar-refractivity contribution is 6.29. The third kappa shape index (κ3) is 3.08. The van der Waals surface area contributed by atoms with Crippen molar-refractivity contribution in [2.75, 3.05) is 0 Å². The van der Waals surface area contributed by atoms with Gasteiger partial charge in [-0.15, -0.1) is 0 Å². The predicted molar refractivity (Wildman–Crippen MR) is 61.9 cm³/mol. The Labute approximate surface area is 111 Å². The van der Waals surface area contributed by atoms with Crippen LogP contribution in [0, 0.1) is 0 Å². The highest BCUT2D eigenvalue weighted by Crippen LogP contribution is 2.29. The van der Waals surface area contributed by atoms with Gasteiger partial charge >= 0.3 is 6.18 Å². The largest absolute Gasteiger partial charge is 0.433 e. The Balaban J connectivity index is 2.46. The number of rotatable bonds is 2. The van der Waals surface area contributed by atoms with Crippen molar-refractivity contribution >= 4 is 17.4 Å². The second kappa shape index (κ2) is 4.97. The molecule has 3 nitrogen and oxygen atoms in total. The average molecular weight is 287 g/mol. The SMILES string of the molecule is O=C(c1ccccc1)c1nc(Cl)cc(C(F)(F)F)n1. The zero-order valence-electron chi connectivity index (χ0n) is 9.28. The van der Waals surface area contributed by atoms with Crippen molar-refractivity contribution in [2.45, 2.75) is 6.18 Å². The summed E-state index contributed by atoms with van der Waals surface area (Å²) < 4.78 is 37.7. The van der Waals surface area contributed by atoms with Gasteiger partial charge in [0.2, 0.25) is 11.6 Å². The average Bonchev–Trinajstić information content (AvgIpc) is 2.37. The van der Waals surface area contributed by atoms with Gasteiger partial charge < -0.3 is 0 Å². The van der Waals surface area contributed by atoms with Gasteiger partial charge in [-0.3, -0.25) is 4.79 Å². The van der Waals surface area contributed by atoms with E-state index in [9.17, 15) is 18.0 Å². The van der Waals surface area contributed by atoms with E-state index < -0.39 is 28.6 Å². The number of alkyl halides is 3. The lowest BCUT2D eigenvalue weighted by Gasteiger charge is -2.07. The molecular formula is C12H6ClF3N2O. The van der Waals surface area contributed by atoms with Crippen LogP contribution in [-0.2, 0) is 6.18 Å². The molecule has 19 heavy (non-hydrogen) atoms. The van der Waals surface area contributed by atoms with E-state index in [1.54, 1.807) is 18.2 Å². The molecule has 0 aliphatic rings. The Kier molecular flexibility index (Phi) is 3.53. The highest BCUT2D eigenvalue weighted by atomic mass is 35.5. The number of halogens is 4. The molecule has 0 saturated carbocycles. The summed E-state index contributed by atoms with van der Waals surface area (Å²) in [4.78, 5) is 18.7. The van der Waals surface area contributed by atoms with Crippen LogP contribution in [0.1, 0.15) is 21.9 Å². The van der Waals surface area contributed by atoms with Gasteiger partial charge in [-0.2, -0.15) is 13.2 Å². The van der Waals surface area contributed by atoms with Crippen LogP contribution >= 0.6 is 11.6 Å². The topological polar surface area (TPSA) is 42.9 Å². The third-order valence-corrected chi connectivity index (χ3v) is 2.42. The lowest BCUT2D eigenvalue weighted by Crippen LogP contribution is -2.14. The Morgan fingerprint density at radius 2 is 1.74 bits per heavy atom.